The van der Waals surface area contributed by atoms with Gasteiger partial charge in [0, 0.05) is 4.47 Å². The number of anilines is 1. The van der Waals surface area contributed by atoms with E-state index in [1.165, 1.54) is 10.5 Å². The first-order chi connectivity index (χ1) is 9.90. The molecule has 1 saturated heterocycles. The molecule has 1 aromatic carbocycles. The zero-order chi connectivity index (χ0) is 15.3. The van der Waals surface area contributed by atoms with E-state index in [9.17, 15) is 9.59 Å². The quantitative estimate of drug-likeness (QED) is 0.549. The van der Waals surface area contributed by atoms with Gasteiger partial charge in [0.2, 0.25) is 11.8 Å². The number of halogens is 2. The summed E-state index contributed by atoms with van der Waals surface area (Å²) in [6, 6.07) is 3.53. The molecule has 3 nitrogen and oxygen atoms in total. The fraction of sp³-hybridized carbons (Fsp3) is 0.375. The van der Waals surface area contributed by atoms with Gasteiger partial charge in [-0.1, -0.05) is 23.3 Å². The van der Waals surface area contributed by atoms with Crippen LogP contribution >= 0.6 is 27.5 Å². The van der Waals surface area contributed by atoms with E-state index in [2.05, 4.69) is 22.0 Å². The van der Waals surface area contributed by atoms with Crippen molar-refractivity contribution in [1.29, 1.82) is 0 Å². The minimum absolute atomic E-state index is 0.0982. The minimum Gasteiger partial charge on any atom is -0.274 e. The van der Waals surface area contributed by atoms with Crippen LogP contribution in [-0.2, 0) is 9.59 Å². The maximum atomic E-state index is 12.7. The molecule has 3 rings (SSSR count). The lowest BCUT2D eigenvalue weighted by Crippen LogP contribution is -2.31. The topological polar surface area (TPSA) is 37.4 Å². The normalized spacial score (nSPS) is 25.1. The van der Waals surface area contributed by atoms with E-state index in [-0.39, 0.29) is 23.7 Å². The largest absolute Gasteiger partial charge is 0.274 e. The van der Waals surface area contributed by atoms with Crippen molar-refractivity contribution < 1.29 is 9.59 Å². The highest BCUT2D eigenvalue weighted by atomic mass is 79.9. The molecule has 0 radical (unpaired) electrons. The van der Waals surface area contributed by atoms with Gasteiger partial charge in [-0.2, -0.15) is 0 Å². The van der Waals surface area contributed by atoms with Gasteiger partial charge in [-0.05, 0) is 60.3 Å². The Balaban J connectivity index is 2.03. The Morgan fingerprint density at radius 3 is 2.57 bits per heavy atom. The van der Waals surface area contributed by atoms with Crippen LogP contribution in [0.4, 0.5) is 5.69 Å². The molecule has 21 heavy (non-hydrogen) atoms. The predicted molar refractivity (Wildman–Crippen MR) is 86.4 cm³/mol. The molecule has 110 valence electrons. The molecule has 0 aromatic heterocycles. The van der Waals surface area contributed by atoms with Crippen LogP contribution in [0.25, 0.3) is 0 Å². The van der Waals surface area contributed by atoms with Gasteiger partial charge >= 0.3 is 0 Å². The van der Waals surface area contributed by atoms with E-state index >= 15 is 0 Å². The molecule has 0 bridgehead atoms. The number of imide groups is 1. The van der Waals surface area contributed by atoms with Crippen LogP contribution in [0.15, 0.2) is 28.3 Å². The van der Waals surface area contributed by atoms with Gasteiger partial charge in [-0.15, -0.1) is 0 Å². The first kappa shape index (κ1) is 14.8. The second kappa shape index (κ2) is 5.25. The molecule has 1 aliphatic carbocycles. The van der Waals surface area contributed by atoms with Crippen molar-refractivity contribution in [1.82, 2.24) is 0 Å². The summed E-state index contributed by atoms with van der Waals surface area (Å²) in [6.07, 6.45) is 3.40. The van der Waals surface area contributed by atoms with Gasteiger partial charge in [-0.25, -0.2) is 4.90 Å². The summed E-state index contributed by atoms with van der Waals surface area (Å²) >= 11 is 9.49. The van der Waals surface area contributed by atoms with Crippen LogP contribution in [0.3, 0.4) is 0 Å². The number of amides is 2. The summed E-state index contributed by atoms with van der Waals surface area (Å²) < 4.78 is 0.763. The standard InChI is InChI=1S/C16H15BrClNO2/c1-8-3-4-10-11(5-8)16(21)19(15(10)20)14-7-13(18)12(17)6-9(14)2/h3,6-7,10-11H,4-5H2,1-2H3/t10-,11+/m1/s1. The molecule has 0 spiro atoms. The van der Waals surface area contributed by atoms with Gasteiger partial charge in [0.1, 0.15) is 0 Å². The number of hydrogen-bond acceptors (Lipinski definition) is 2. The SMILES string of the molecule is CC1=CC[C@H]2C(=O)N(c3cc(Cl)c(Br)cc3C)C(=O)[C@H]2C1. The van der Waals surface area contributed by atoms with E-state index < -0.39 is 0 Å². The number of hydrogen-bond donors (Lipinski definition) is 0. The molecule has 0 unspecified atom stereocenters. The molecule has 1 heterocycles. The average molecular weight is 369 g/mol. The van der Waals surface area contributed by atoms with Gasteiger partial charge in [-0.3, -0.25) is 9.59 Å². The molecule has 5 heteroatoms. The minimum atomic E-state index is -0.219. The Morgan fingerprint density at radius 1 is 1.19 bits per heavy atom. The van der Waals surface area contributed by atoms with Crippen LogP contribution in [-0.4, -0.2) is 11.8 Å². The Bertz CT molecular complexity index is 683. The van der Waals surface area contributed by atoms with Gasteiger partial charge in [0.15, 0.2) is 0 Å². The summed E-state index contributed by atoms with van der Waals surface area (Å²) in [5, 5.41) is 0.500. The van der Waals surface area contributed by atoms with Crippen molar-refractivity contribution in [2.75, 3.05) is 4.90 Å². The van der Waals surface area contributed by atoms with E-state index in [1.807, 2.05) is 19.9 Å². The summed E-state index contributed by atoms with van der Waals surface area (Å²) in [5.74, 6) is -0.637. The Morgan fingerprint density at radius 2 is 1.86 bits per heavy atom. The van der Waals surface area contributed by atoms with Gasteiger partial charge in [0.05, 0.1) is 22.5 Å². The molecular formula is C16H15BrClNO2. The zero-order valence-corrected chi connectivity index (χ0v) is 14.2. The fourth-order valence-corrected chi connectivity index (χ4v) is 3.77. The van der Waals surface area contributed by atoms with Crippen molar-refractivity contribution in [3.63, 3.8) is 0 Å². The fourth-order valence-electron chi connectivity index (χ4n) is 3.15. The van der Waals surface area contributed by atoms with E-state index in [0.29, 0.717) is 23.6 Å². The highest BCUT2D eigenvalue weighted by Gasteiger charge is 2.49. The number of aryl methyl sites for hydroxylation is 1. The Labute approximate surface area is 137 Å². The molecule has 0 N–H and O–H groups in total. The maximum absolute atomic E-state index is 12.7. The zero-order valence-electron chi connectivity index (χ0n) is 11.8. The van der Waals surface area contributed by atoms with Crippen molar-refractivity contribution >= 4 is 45.0 Å². The van der Waals surface area contributed by atoms with Crippen LogP contribution in [0, 0.1) is 18.8 Å². The highest BCUT2D eigenvalue weighted by Crippen LogP contribution is 2.41. The van der Waals surface area contributed by atoms with Crippen LogP contribution in [0.2, 0.25) is 5.02 Å². The predicted octanol–water partition coefficient (Wildman–Crippen LogP) is 4.26. The second-order valence-corrected chi connectivity index (χ2v) is 7.03. The molecule has 2 aliphatic rings. The summed E-state index contributed by atoms with van der Waals surface area (Å²) in [4.78, 5) is 26.6. The number of carbonyl (C=O) groups is 2. The van der Waals surface area contributed by atoms with Crippen LogP contribution in [0.5, 0.6) is 0 Å². The van der Waals surface area contributed by atoms with Crippen molar-refractivity contribution in [3.8, 4) is 0 Å². The van der Waals surface area contributed by atoms with E-state index in [0.717, 1.165) is 10.0 Å². The molecular weight excluding hydrogens is 354 g/mol. The molecule has 2 atom stereocenters. The monoisotopic (exact) mass is 367 g/mol. The first-order valence-electron chi connectivity index (χ1n) is 6.89. The molecule has 1 aliphatic heterocycles. The van der Waals surface area contributed by atoms with Crippen LogP contribution in [0.1, 0.15) is 25.3 Å². The average Bonchev–Trinajstić information content (AvgIpc) is 2.66. The smallest absolute Gasteiger partial charge is 0.238 e. The molecule has 0 saturated carbocycles. The number of benzene rings is 1. The number of nitrogens with zero attached hydrogens (tertiary/aromatic N) is 1. The first-order valence-corrected chi connectivity index (χ1v) is 8.06. The molecule has 1 aromatic rings. The van der Waals surface area contributed by atoms with E-state index in [4.69, 9.17) is 11.6 Å². The highest BCUT2D eigenvalue weighted by molar-refractivity contribution is 9.10. The van der Waals surface area contributed by atoms with Crippen molar-refractivity contribution in [3.05, 3.63) is 38.8 Å². The lowest BCUT2D eigenvalue weighted by Gasteiger charge is -2.19. The van der Waals surface area contributed by atoms with E-state index in [1.54, 1.807) is 6.07 Å². The number of allylic oxidation sites excluding steroid dienone is 2. The summed E-state index contributed by atoms with van der Waals surface area (Å²) in [5.41, 5.74) is 2.64. The number of carbonyl (C=O) groups excluding carboxylic acids is 2. The summed E-state index contributed by atoms with van der Waals surface area (Å²) in [7, 11) is 0. The van der Waals surface area contributed by atoms with Crippen LogP contribution < -0.4 is 4.90 Å². The maximum Gasteiger partial charge on any atom is 0.238 e. The third-order valence-corrected chi connectivity index (χ3v) is 5.50. The second-order valence-electron chi connectivity index (χ2n) is 5.77. The number of rotatable bonds is 1. The Kier molecular flexibility index (Phi) is 3.70. The van der Waals surface area contributed by atoms with Gasteiger partial charge in [0.25, 0.3) is 0 Å². The number of fused-ring (bicyclic) bond motifs is 1. The molecule has 2 amide bonds. The lowest BCUT2D eigenvalue weighted by atomic mass is 9.82. The van der Waals surface area contributed by atoms with Crippen molar-refractivity contribution in [2.24, 2.45) is 11.8 Å². The molecule has 1 fully saturated rings. The third-order valence-electron chi connectivity index (χ3n) is 4.30. The summed E-state index contributed by atoms with van der Waals surface area (Å²) in [6.45, 7) is 3.89. The van der Waals surface area contributed by atoms with Gasteiger partial charge < -0.3 is 0 Å². The third kappa shape index (κ3) is 2.34. The van der Waals surface area contributed by atoms with Crippen molar-refractivity contribution in [2.45, 2.75) is 26.7 Å². The lowest BCUT2D eigenvalue weighted by molar-refractivity contribution is -0.122. The Hall–Kier alpha value is -1.13.